The summed E-state index contributed by atoms with van der Waals surface area (Å²) < 4.78 is 0. The van der Waals surface area contributed by atoms with Gasteiger partial charge in [0.25, 0.3) is 11.5 Å². The van der Waals surface area contributed by atoms with Crippen LogP contribution in [-0.4, -0.2) is 16.0 Å². The van der Waals surface area contributed by atoms with Gasteiger partial charge in [-0.05, 0) is 24.6 Å². The number of H-pyrrole nitrogens is 1. The van der Waals surface area contributed by atoms with Crippen molar-refractivity contribution in [2.75, 3.05) is 5.32 Å². The lowest BCUT2D eigenvalue weighted by molar-refractivity contribution is 0.102. The minimum absolute atomic E-state index is 0.0700. The van der Waals surface area contributed by atoms with Crippen LogP contribution in [0.1, 0.15) is 15.9 Å². The summed E-state index contributed by atoms with van der Waals surface area (Å²) in [4.78, 5) is 25.3. The van der Waals surface area contributed by atoms with E-state index in [0.29, 0.717) is 10.7 Å². The first kappa shape index (κ1) is 13.2. The largest absolute Gasteiger partial charge is 0.494 e. The molecular weight excluding hydrogens is 268 g/mol. The van der Waals surface area contributed by atoms with Crippen LogP contribution < -0.4 is 10.9 Å². The summed E-state index contributed by atoms with van der Waals surface area (Å²) in [7, 11) is 0. The average Bonchev–Trinajstić information content (AvgIpc) is 2.32. The maximum atomic E-state index is 12.0. The molecule has 0 aliphatic rings. The highest BCUT2D eigenvalue weighted by molar-refractivity contribution is 6.31. The van der Waals surface area contributed by atoms with Crippen molar-refractivity contribution in [2.45, 2.75) is 6.92 Å². The van der Waals surface area contributed by atoms with E-state index >= 15 is 0 Å². The number of nitrogens with one attached hydrogen (secondary N) is 2. The number of aromatic amines is 1. The average molecular weight is 279 g/mol. The Kier molecular flexibility index (Phi) is 3.57. The van der Waals surface area contributed by atoms with E-state index in [1.54, 1.807) is 18.2 Å². The van der Waals surface area contributed by atoms with Gasteiger partial charge in [0.05, 0.1) is 5.56 Å². The van der Waals surface area contributed by atoms with Gasteiger partial charge in [-0.25, -0.2) is 0 Å². The van der Waals surface area contributed by atoms with Crippen molar-refractivity contribution in [3.05, 3.63) is 56.8 Å². The lowest BCUT2D eigenvalue weighted by Gasteiger charge is -2.08. The van der Waals surface area contributed by atoms with E-state index in [-0.39, 0.29) is 11.4 Å². The number of aromatic hydroxyl groups is 1. The van der Waals surface area contributed by atoms with Crippen LogP contribution in [0.4, 0.5) is 5.69 Å². The van der Waals surface area contributed by atoms with Gasteiger partial charge in [0.2, 0.25) is 0 Å². The summed E-state index contributed by atoms with van der Waals surface area (Å²) in [5.41, 5.74) is 0.915. The first-order valence-electron chi connectivity index (χ1n) is 5.46. The second kappa shape index (κ2) is 5.16. The molecule has 0 fully saturated rings. The second-order valence-electron chi connectivity index (χ2n) is 4.03. The van der Waals surface area contributed by atoms with Gasteiger partial charge < -0.3 is 10.4 Å². The molecule has 2 rings (SSSR count). The zero-order valence-corrected chi connectivity index (χ0v) is 10.8. The number of carbonyl (C=O) groups is 1. The number of halogens is 1. The number of aryl methyl sites for hydroxylation is 1. The maximum absolute atomic E-state index is 12.0. The number of hydrogen-bond acceptors (Lipinski definition) is 3. The third-order valence-corrected chi connectivity index (χ3v) is 2.78. The minimum Gasteiger partial charge on any atom is -0.494 e. The van der Waals surface area contributed by atoms with Crippen LogP contribution in [-0.2, 0) is 0 Å². The molecule has 0 aliphatic carbocycles. The molecule has 0 aliphatic heterocycles. The van der Waals surface area contributed by atoms with Crippen molar-refractivity contribution in [3.8, 4) is 5.88 Å². The number of amides is 1. The molecule has 0 saturated carbocycles. The predicted molar refractivity (Wildman–Crippen MR) is 72.9 cm³/mol. The number of pyridine rings is 1. The van der Waals surface area contributed by atoms with Gasteiger partial charge >= 0.3 is 0 Å². The summed E-state index contributed by atoms with van der Waals surface area (Å²) in [6.07, 6.45) is 0. The highest BCUT2D eigenvalue weighted by Gasteiger charge is 2.10. The van der Waals surface area contributed by atoms with E-state index in [0.717, 1.165) is 11.6 Å². The van der Waals surface area contributed by atoms with Crippen LogP contribution in [0.25, 0.3) is 0 Å². The second-order valence-corrected chi connectivity index (χ2v) is 4.47. The molecule has 0 spiro atoms. The Balaban J connectivity index is 2.30. The van der Waals surface area contributed by atoms with Crippen LogP contribution in [0.3, 0.4) is 0 Å². The molecule has 0 saturated heterocycles. The Morgan fingerprint density at radius 2 is 2.05 bits per heavy atom. The Morgan fingerprint density at radius 1 is 1.32 bits per heavy atom. The van der Waals surface area contributed by atoms with Crippen LogP contribution in [0.2, 0.25) is 5.02 Å². The van der Waals surface area contributed by atoms with E-state index in [1.165, 1.54) is 6.07 Å². The molecule has 6 heteroatoms. The highest BCUT2D eigenvalue weighted by Crippen LogP contribution is 2.20. The number of anilines is 1. The fourth-order valence-electron chi connectivity index (χ4n) is 1.58. The van der Waals surface area contributed by atoms with Crippen molar-refractivity contribution in [1.82, 2.24) is 4.98 Å². The smallest absolute Gasteiger partial charge is 0.256 e. The van der Waals surface area contributed by atoms with Gasteiger partial charge in [-0.1, -0.05) is 17.7 Å². The molecule has 5 nitrogen and oxygen atoms in total. The molecular formula is C13H11ClN2O3. The van der Waals surface area contributed by atoms with E-state index in [2.05, 4.69) is 10.3 Å². The third kappa shape index (κ3) is 3.14. The van der Waals surface area contributed by atoms with Crippen molar-refractivity contribution < 1.29 is 9.90 Å². The molecule has 1 amide bonds. The predicted octanol–water partition coefficient (Wildman–Crippen LogP) is 2.29. The van der Waals surface area contributed by atoms with Gasteiger partial charge in [0.15, 0.2) is 5.88 Å². The molecule has 1 heterocycles. The Labute approximate surface area is 113 Å². The van der Waals surface area contributed by atoms with Crippen LogP contribution in [0, 0.1) is 6.92 Å². The van der Waals surface area contributed by atoms with Crippen molar-refractivity contribution in [1.29, 1.82) is 0 Å². The standard InChI is InChI=1S/C13H11ClN2O3/c1-7-2-3-9(14)6-10(7)15-13(19)8-4-11(17)16-12(18)5-8/h2-6H,1H3,(H,15,19)(H2,16,17,18). The summed E-state index contributed by atoms with van der Waals surface area (Å²) in [6, 6.07) is 7.38. The lowest BCUT2D eigenvalue weighted by atomic mass is 10.2. The summed E-state index contributed by atoms with van der Waals surface area (Å²) in [5.74, 6) is -0.854. The van der Waals surface area contributed by atoms with E-state index in [4.69, 9.17) is 11.6 Å². The van der Waals surface area contributed by atoms with Crippen molar-refractivity contribution in [3.63, 3.8) is 0 Å². The fraction of sp³-hybridized carbons (Fsp3) is 0.0769. The number of benzene rings is 1. The normalized spacial score (nSPS) is 10.2. The fourth-order valence-corrected chi connectivity index (χ4v) is 1.76. The van der Waals surface area contributed by atoms with Gasteiger partial charge in [-0.15, -0.1) is 0 Å². The number of aromatic nitrogens is 1. The zero-order chi connectivity index (χ0) is 14.0. The van der Waals surface area contributed by atoms with Crippen LogP contribution in [0.5, 0.6) is 5.88 Å². The maximum Gasteiger partial charge on any atom is 0.256 e. The summed E-state index contributed by atoms with van der Waals surface area (Å²) in [6.45, 7) is 1.82. The van der Waals surface area contributed by atoms with E-state index in [1.807, 2.05) is 6.92 Å². The number of carbonyl (C=O) groups excluding carboxylic acids is 1. The topological polar surface area (TPSA) is 82.2 Å². The minimum atomic E-state index is -0.548. The summed E-state index contributed by atoms with van der Waals surface area (Å²) in [5, 5.41) is 12.4. The molecule has 2 aromatic rings. The van der Waals surface area contributed by atoms with E-state index < -0.39 is 11.5 Å². The highest BCUT2D eigenvalue weighted by atomic mass is 35.5. The molecule has 98 valence electrons. The van der Waals surface area contributed by atoms with Crippen molar-refractivity contribution >= 4 is 23.2 Å². The molecule has 0 atom stereocenters. The van der Waals surface area contributed by atoms with Gasteiger partial charge in [0, 0.05) is 22.8 Å². The quantitative estimate of drug-likeness (QED) is 0.788. The molecule has 0 radical (unpaired) electrons. The Bertz CT molecular complexity index is 695. The number of rotatable bonds is 2. The van der Waals surface area contributed by atoms with Crippen molar-refractivity contribution in [2.24, 2.45) is 0 Å². The molecule has 0 bridgehead atoms. The number of hydrogen-bond donors (Lipinski definition) is 3. The first-order chi connectivity index (χ1) is 8.95. The Morgan fingerprint density at radius 3 is 2.74 bits per heavy atom. The molecule has 1 aromatic heterocycles. The van der Waals surface area contributed by atoms with Gasteiger partial charge in [-0.2, -0.15) is 0 Å². The monoisotopic (exact) mass is 278 g/mol. The summed E-state index contributed by atoms with van der Waals surface area (Å²) >= 11 is 5.85. The molecule has 1 aromatic carbocycles. The van der Waals surface area contributed by atoms with Gasteiger partial charge in [-0.3, -0.25) is 14.6 Å². The zero-order valence-electron chi connectivity index (χ0n) is 10.0. The molecule has 19 heavy (non-hydrogen) atoms. The molecule has 3 N–H and O–H groups in total. The van der Waals surface area contributed by atoms with Crippen LogP contribution >= 0.6 is 11.6 Å². The van der Waals surface area contributed by atoms with Crippen LogP contribution in [0.15, 0.2) is 35.1 Å². The first-order valence-corrected chi connectivity index (χ1v) is 5.84. The van der Waals surface area contributed by atoms with E-state index in [9.17, 15) is 14.7 Å². The van der Waals surface area contributed by atoms with Gasteiger partial charge in [0.1, 0.15) is 0 Å². The SMILES string of the molecule is Cc1ccc(Cl)cc1NC(=O)c1cc(O)[nH]c(=O)c1. The lowest BCUT2D eigenvalue weighted by Crippen LogP contribution is -2.16. The third-order valence-electron chi connectivity index (χ3n) is 2.54. The Hall–Kier alpha value is -2.27. The molecule has 0 unspecified atom stereocenters.